The molecule has 0 unspecified atom stereocenters. The van der Waals surface area contributed by atoms with Gasteiger partial charge in [0.2, 0.25) is 5.91 Å². The summed E-state index contributed by atoms with van der Waals surface area (Å²) in [6.07, 6.45) is 0.988. The van der Waals surface area contributed by atoms with E-state index in [9.17, 15) is 9.59 Å². The van der Waals surface area contributed by atoms with Crippen molar-refractivity contribution in [1.29, 1.82) is 0 Å². The summed E-state index contributed by atoms with van der Waals surface area (Å²) in [5.41, 5.74) is 1.87. The lowest BCUT2D eigenvalue weighted by Crippen LogP contribution is -2.14. The molecule has 29 heavy (non-hydrogen) atoms. The van der Waals surface area contributed by atoms with Crippen LogP contribution < -0.4 is 20.1 Å². The van der Waals surface area contributed by atoms with Gasteiger partial charge in [0.15, 0.2) is 16.6 Å². The normalized spacial score (nSPS) is 10.3. The summed E-state index contributed by atoms with van der Waals surface area (Å²) in [6, 6.07) is 14.9. The van der Waals surface area contributed by atoms with Gasteiger partial charge in [0.1, 0.15) is 5.69 Å². The predicted octanol–water partition coefficient (Wildman–Crippen LogP) is 3.98. The zero-order chi connectivity index (χ0) is 20.6. The van der Waals surface area contributed by atoms with Crippen molar-refractivity contribution in [1.82, 2.24) is 4.98 Å². The van der Waals surface area contributed by atoms with Gasteiger partial charge in [0.25, 0.3) is 5.91 Å². The minimum absolute atomic E-state index is 0.143. The highest BCUT2D eigenvalue weighted by molar-refractivity contribution is 7.14. The molecule has 3 aromatic rings. The molecule has 0 radical (unpaired) electrons. The summed E-state index contributed by atoms with van der Waals surface area (Å²) in [7, 11) is 3.07. The van der Waals surface area contributed by atoms with Gasteiger partial charge >= 0.3 is 0 Å². The van der Waals surface area contributed by atoms with E-state index in [4.69, 9.17) is 9.47 Å². The fourth-order valence-corrected chi connectivity index (χ4v) is 3.34. The molecule has 2 N–H and O–H groups in total. The molecule has 0 atom stereocenters. The van der Waals surface area contributed by atoms with Gasteiger partial charge in [0, 0.05) is 23.6 Å². The van der Waals surface area contributed by atoms with Crippen LogP contribution in [0.4, 0.5) is 10.8 Å². The van der Waals surface area contributed by atoms with Crippen molar-refractivity contribution in [3.05, 3.63) is 65.2 Å². The quantitative estimate of drug-likeness (QED) is 0.585. The average molecular weight is 411 g/mol. The van der Waals surface area contributed by atoms with Gasteiger partial charge < -0.3 is 20.1 Å². The van der Waals surface area contributed by atoms with Crippen molar-refractivity contribution in [2.45, 2.75) is 12.8 Å². The number of thiazole rings is 1. The van der Waals surface area contributed by atoms with Crippen LogP contribution in [0, 0.1) is 0 Å². The van der Waals surface area contributed by atoms with Crippen LogP contribution in [0.1, 0.15) is 22.5 Å². The monoisotopic (exact) mass is 411 g/mol. The van der Waals surface area contributed by atoms with Crippen LogP contribution in [0.15, 0.2) is 53.9 Å². The number of methoxy groups -OCH3 is 2. The van der Waals surface area contributed by atoms with Crippen molar-refractivity contribution < 1.29 is 19.1 Å². The summed E-state index contributed by atoms with van der Waals surface area (Å²) in [4.78, 5) is 28.7. The van der Waals surface area contributed by atoms with Gasteiger partial charge in [-0.2, -0.15) is 0 Å². The Labute approximate surface area is 172 Å². The number of amides is 2. The molecule has 0 fully saturated rings. The van der Waals surface area contributed by atoms with Crippen molar-refractivity contribution in [3.63, 3.8) is 0 Å². The first-order chi connectivity index (χ1) is 14.1. The second kappa shape index (κ2) is 9.70. The van der Waals surface area contributed by atoms with Crippen molar-refractivity contribution in [3.8, 4) is 11.5 Å². The van der Waals surface area contributed by atoms with Gasteiger partial charge in [-0.3, -0.25) is 9.59 Å². The fraction of sp³-hybridized carbons (Fsp3) is 0.190. The number of carbonyl (C=O) groups excluding carboxylic acids is 2. The van der Waals surface area contributed by atoms with Crippen LogP contribution in [0.2, 0.25) is 0 Å². The van der Waals surface area contributed by atoms with Crippen LogP contribution in [-0.4, -0.2) is 31.0 Å². The van der Waals surface area contributed by atoms with E-state index in [1.54, 1.807) is 30.7 Å². The molecule has 0 bridgehead atoms. The number of ether oxygens (including phenoxy) is 2. The number of benzene rings is 2. The summed E-state index contributed by atoms with van der Waals surface area (Å²) in [5.74, 6) is 0.558. The molecule has 1 heterocycles. The maximum absolute atomic E-state index is 12.4. The number of carbonyl (C=O) groups is 2. The molecule has 0 saturated heterocycles. The Bertz CT molecular complexity index is 989. The maximum Gasteiger partial charge on any atom is 0.275 e. The third kappa shape index (κ3) is 5.55. The van der Waals surface area contributed by atoms with Crippen LogP contribution in [-0.2, 0) is 11.2 Å². The standard InChI is InChI=1S/C21H21N3O4S/c1-27-17-10-9-15(12-18(17)28-2)22-20(26)16-13-29-21(23-16)24-19(25)11-8-14-6-4-3-5-7-14/h3-7,9-10,12-13H,8,11H2,1-2H3,(H,22,26)(H,23,24,25). The Morgan fingerprint density at radius 1 is 1.00 bits per heavy atom. The third-order valence-corrected chi connectivity index (χ3v) is 4.87. The second-order valence-electron chi connectivity index (χ2n) is 6.10. The molecule has 0 spiro atoms. The molecule has 7 nitrogen and oxygen atoms in total. The summed E-state index contributed by atoms with van der Waals surface area (Å²) >= 11 is 1.20. The number of aryl methyl sites for hydroxylation is 1. The zero-order valence-corrected chi connectivity index (χ0v) is 16.9. The number of hydrogen-bond acceptors (Lipinski definition) is 6. The SMILES string of the molecule is COc1ccc(NC(=O)c2csc(NC(=O)CCc3ccccc3)n2)cc1OC. The number of aromatic nitrogens is 1. The van der Waals surface area contributed by atoms with Gasteiger partial charge in [-0.1, -0.05) is 30.3 Å². The summed E-state index contributed by atoms with van der Waals surface area (Å²) < 4.78 is 10.4. The van der Waals surface area contributed by atoms with Gasteiger partial charge in [0.05, 0.1) is 14.2 Å². The molecular formula is C21H21N3O4S. The molecule has 0 aliphatic heterocycles. The maximum atomic E-state index is 12.4. The highest BCUT2D eigenvalue weighted by Crippen LogP contribution is 2.30. The zero-order valence-electron chi connectivity index (χ0n) is 16.1. The summed E-state index contributed by atoms with van der Waals surface area (Å²) in [5, 5.41) is 7.48. The Kier molecular flexibility index (Phi) is 6.80. The molecule has 2 aromatic carbocycles. The van der Waals surface area contributed by atoms with E-state index < -0.39 is 0 Å². The van der Waals surface area contributed by atoms with E-state index in [-0.39, 0.29) is 17.5 Å². The second-order valence-corrected chi connectivity index (χ2v) is 6.95. The molecule has 3 rings (SSSR count). The molecule has 1 aromatic heterocycles. The first-order valence-electron chi connectivity index (χ1n) is 8.91. The number of hydrogen-bond donors (Lipinski definition) is 2. The highest BCUT2D eigenvalue weighted by atomic mass is 32.1. The minimum atomic E-state index is -0.377. The number of nitrogens with one attached hydrogen (secondary N) is 2. The molecule has 150 valence electrons. The lowest BCUT2D eigenvalue weighted by atomic mass is 10.1. The summed E-state index contributed by atoms with van der Waals surface area (Å²) in [6.45, 7) is 0. The van der Waals surface area contributed by atoms with Crippen molar-refractivity contribution >= 4 is 34.0 Å². The topological polar surface area (TPSA) is 89.6 Å². The van der Waals surface area contributed by atoms with Crippen LogP contribution in [0.25, 0.3) is 0 Å². The van der Waals surface area contributed by atoms with Crippen LogP contribution in [0.3, 0.4) is 0 Å². The predicted molar refractivity (Wildman–Crippen MR) is 113 cm³/mol. The Hall–Kier alpha value is -3.39. The van der Waals surface area contributed by atoms with E-state index in [1.165, 1.54) is 18.4 Å². The smallest absolute Gasteiger partial charge is 0.275 e. The van der Waals surface area contributed by atoms with Crippen LogP contribution >= 0.6 is 11.3 Å². The fourth-order valence-electron chi connectivity index (χ4n) is 2.63. The molecule has 2 amide bonds. The first-order valence-corrected chi connectivity index (χ1v) is 9.79. The van der Waals surface area contributed by atoms with Crippen LogP contribution in [0.5, 0.6) is 11.5 Å². The van der Waals surface area contributed by atoms with E-state index in [2.05, 4.69) is 15.6 Å². The Morgan fingerprint density at radius 2 is 1.76 bits per heavy atom. The Balaban J connectivity index is 1.56. The van der Waals surface area contributed by atoms with Gasteiger partial charge in [-0.15, -0.1) is 11.3 Å². The lowest BCUT2D eigenvalue weighted by Gasteiger charge is -2.10. The van der Waals surface area contributed by atoms with Gasteiger partial charge in [-0.25, -0.2) is 4.98 Å². The van der Waals surface area contributed by atoms with Crippen molar-refractivity contribution in [2.75, 3.05) is 24.9 Å². The largest absolute Gasteiger partial charge is 0.493 e. The number of anilines is 2. The molecule has 8 heteroatoms. The Morgan fingerprint density at radius 3 is 2.48 bits per heavy atom. The lowest BCUT2D eigenvalue weighted by molar-refractivity contribution is -0.116. The van der Waals surface area contributed by atoms with E-state index >= 15 is 0 Å². The molecule has 0 aliphatic rings. The molecular weight excluding hydrogens is 390 g/mol. The van der Waals surface area contributed by atoms with E-state index in [0.29, 0.717) is 35.2 Å². The van der Waals surface area contributed by atoms with Crippen molar-refractivity contribution in [2.24, 2.45) is 0 Å². The first kappa shape index (κ1) is 20.3. The number of rotatable bonds is 8. The highest BCUT2D eigenvalue weighted by Gasteiger charge is 2.14. The van der Waals surface area contributed by atoms with Gasteiger partial charge in [-0.05, 0) is 24.1 Å². The molecule has 0 saturated carbocycles. The minimum Gasteiger partial charge on any atom is -0.493 e. The van der Waals surface area contributed by atoms with E-state index in [1.807, 2.05) is 30.3 Å². The van der Waals surface area contributed by atoms with E-state index in [0.717, 1.165) is 5.56 Å². The number of nitrogens with zero attached hydrogens (tertiary/aromatic N) is 1. The third-order valence-electron chi connectivity index (χ3n) is 4.11. The average Bonchev–Trinajstić information content (AvgIpc) is 3.21. The molecule has 0 aliphatic carbocycles.